The van der Waals surface area contributed by atoms with Gasteiger partial charge >= 0.3 is 0 Å². The lowest BCUT2D eigenvalue weighted by molar-refractivity contribution is 0.0311. The lowest BCUT2D eigenvalue weighted by Gasteiger charge is -2.31. The van der Waals surface area contributed by atoms with Gasteiger partial charge in [0, 0.05) is 24.4 Å². The van der Waals surface area contributed by atoms with Crippen molar-refractivity contribution in [3.05, 3.63) is 29.8 Å². The number of pyridine rings is 1. The Morgan fingerprint density at radius 3 is 2.94 bits per heavy atom. The van der Waals surface area contributed by atoms with Gasteiger partial charge in [-0.1, -0.05) is 0 Å². The Morgan fingerprint density at radius 1 is 1.56 bits per heavy atom. The second-order valence-corrected chi connectivity index (χ2v) is 5.61. The summed E-state index contributed by atoms with van der Waals surface area (Å²) in [5.74, 6) is 0.727. The molecule has 1 aromatic heterocycles. The Hall–Kier alpha value is -1.14. The SMILES string of the molecule is O=C(NCC1(O)CCSCC1)c1ccnc(F)c1. The number of nitrogens with zero attached hydrogens (tertiary/aromatic N) is 1. The summed E-state index contributed by atoms with van der Waals surface area (Å²) in [6, 6.07) is 2.52. The molecule has 6 heteroatoms. The van der Waals surface area contributed by atoms with Crippen LogP contribution in [-0.2, 0) is 0 Å². The lowest BCUT2D eigenvalue weighted by Crippen LogP contribution is -2.45. The third-order valence-electron chi connectivity index (χ3n) is 2.99. The molecule has 1 amide bonds. The standard InChI is InChI=1S/C12H15FN2O2S/c13-10-7-9(1-4-14-10)11(16)15-8-12(17)2-5-18-6-3-12/h1,4,7,17H,2-3,5-6,8H2,(H,15,16). The minimum atomic E-state index is -0.827. The third kappa shape index (κ3) is 3.43. The lowest BCUT2D eigenvalue weighted by atomic mass is 9.97. The van der Waals surface area contributed by atoms with Gasteiger partial charge in [0.25, 0.3) is 5.91 Å². The summed E-state index contributed by atoms with van der Waals surface area (Å²) in [6.45, 7) is 0.205. The Morgan fingerprint density at radius 2 is 2.28 bits per heavy atom. The van der Waals surface area contributed by atoms with Crippen molar-refractivity contribution < 1.29 is 14.3 Å². The predicted octanol–water partition coefficient (Wildman–Crippen LogP) is 1.21. The van der Waals surface area contributed by atoms with E-state index in [0.717, 1.165) is 17.6 Å². The van der Waals surface area contributed by atoms with E-state index >= 15 is 0 Å². The zero-order chi connectivity index (χ0) is 13.0. The zero-order valence-corrected chi connectivity index (χ0v) is 10.7. The fraction of sp³-hybridized carbons (Fsp3) is 0.500. The summed E-state index contributed by atoms with van der Waals surface area (Å²) in [6.07, 6.45) is 2.58. The number of carbonyl (C=O) groups is 1. The first-order valence-corrected chi connectivity index (χ1v) is 6.94. The van der Waals surface area contributed by atoms with Crippen LogP contribution >= 0.6 is 11.8 Å². The van der Waals surface area contributed by atoms with Gasteiger partial charge in [0.05, 0.1) is 5.60 Å². The van der Waals surface area contributed by atoms with Gasteiger partial charge in [-0.3, -0.25) is 4.79 Å². The second-order valence-electron chi connectivity index (χ2n) is 4.39. The fourth-order valence-corrected chi connectivity index (χ4v) is 3.07. The first kappa shape index (κ1) is 13.3. The Labute approximate surface area is 109 Å². The van der Waals surface area contributed by atoms with Crippen LogP contribution in [-0.4, -0.2) is 39.6 Å². The van der Waals surface area contributed by atoms with E-state index in [1.54, 1.807) is 11.8 Å². The highest BCUT2D eigenvalue weighted by Gasteiger charge is 2.29. The number of halogens is 1. The summed E-state index contributed by atoms with van der Waals surface area (Å²) < 4.78 is 12.9. The molecule has 0 saturated carbocycles. The van der Waals surface area contributed by atoms with Gasteiger partial charge in [-0.15, -0.1) is 0 Å². The number of amides is 1. The van der Waals surface area contributed by atoms with Crippen molar-refractivity contribution in [1.29, 1.82) is 0 Å². The molecule has 2 heterocycles. The topological polar surface area (TPSA) is 62.2 Å². The molecular weight excluding hydrogens is 255 g/mol. The summed E-state index contributed by atoms with van der Waals surface area (Å²) in [7, 11) is 0. The van der Waals surface area contributed by atoms with Gasteiger partial charge in [-0.2, -0.15) is 16.2 Å². The van der Waals surface area contributed by atoms with Crippen molar-refractivity contribution in [2.24, 2.45) is 0 Å². The molecule has 1 saturated heterocycles. The van der Waals surface area contributed by atoms with E-state index in [9.17, 15) is 14.3 Å². The molecule has 0 unspecified atom stereocenters. The van der Waals surface area contributed by atoms with Gasteiger partial charge < -0.3 is 10.4 Å². The fourth-order valence-electron chi connectivity index (χ4n) is 1.82. The Bertz CT molecular complexity index is 436. The number of aromatic nitrogens is 1. The van der Waals surface area contributed by atoms with Crippen LogP contribution in [0.1, 0.15) is 23.2 Å². The van der Waals surface area contributed by atoms with Gasteiger partial charge in [0.15, 0.2) is 0 Å². The molecule has 98 valence electrons. The first-order valence-electron chi connectivity index (χ1n) is 5.79. The zero-order valence-electron chi connectivity index (χ0n) is 9.86. The van der Waals surface area contributed by atoms with Crippen molar-refractivity contribution in [3.8, 4) is 0 Å². The van der Waals surface area contributed by atoms with Crippen molar-refractivity contribution in [1.82, 2.24) is 10.3 Å². The van der Waals surface area contributed by atoms with Crippen LogP contribution in [0.15, 0.2) is 18.3 Å². The highest BCUT2D eigenvalue weighted by molar-refractivity contribution is 7.99. The van der Waals surface area contributed by atoms with E-state index in [4.69, 9.17) is 0 Å². The van der Waals surface area contributed by atoms with Gasteiger partial charge in [0.2, 0.25) is 5.95 Å². The van der Waals surface area contributed by atoms with Crippen LogP contribution in [0.5, 0.6) is 0 Å². The molecule has 0 bridgehead atoms. The highest BCUT2D eigenvalue weighted by atomic mass is 32.2. The molecular formula is C12H15FN2O2S. The summed E-state index contributed by atoms with van der Waals surface area (Å²) in [4.78, 5) is 15.1. The molecule has 1 aliphatic heterocycles. The van der Waals surface area contributed by atoms with E-state index in [1.807, 2.05) is 0 Å². The normalized spacial score (nSPS) is 18.3. The van der Waals surface area contributed by atoms with Crippen LogP contribution in [0, 0.1) is 5.95 Å². The number of carbonyl (C=O) groups excluding carboxylic acids is 1. The summed E-state index contributed by atoms with van der Waals surface area (Å²) in [5.41, 5.74) is -0.608. The molecule has 0 radical (unpaired) electrons. The Balaban J connectivity index is 1.92. The Kier molecular flexibility index (Phi) is 4.19. The molecule has 2 N–H and O–H groups in total. The quantitative estimate of drug-likeness (QED) is 0.810. The molecule has 0 aromatic carbocycles. The third-order valence-corrected chi connectivity index (χ3v) is 3.98. The maximum Gasteiger partial charge on any atom is 0.251 e. The van der Waals surface area contributed by atoms with Gasteiger partial charge in [-0.05, 0) is 30.4 Å². The maximum absolute atomic E-state index is 12.9. The van der Waals surface area contributed by atoms with Crippen molar-refractivity contribution in [3.63, 3.8) is 0 Å². The van der Waals surface area contributed by atoms with Crippen LogP contribution in [0.25, 0.3) is 0 Å². The number of thioether (sulfide) groups is 1. The molecule has 4 nitrogen and oxygen atoms in total. The van der Waals surface area contributed by atoms with E-state index in [1.165, 1.54) is 12.3 Å². The molecule has 0 spiro atoms. The van der Waals surface area contributed by atoms with Gasteiger partial charge in [0.1, 0.15) is 0 Å². The molecule has 0 aliphatic carbocycles. The average Bonchev–Trinajstić information content (AvgIpc) is 2.37. The number of rotatable bonds is 3. The minimum absolute atomic E-state index is 0.205. The summed E-state index contributed by atoms with van der Waals surface area (Å²) >= 11 is 1.80. The maximum atomic E-state index is 12.9. The van der Waals surface area contributed by atoms with E-state index in [2.05, 4.69) is 10.3 Å². The monoisotopic (exact) mass is 270 g/mol. The molecule has 2 rings (SSSR count). The molecule has 0 atom stereocenters. The van der Waals surface area contributed by atoms with Crippen molar-refractivity contribution in [2.75, 3.05) is 18.1 Å². The van der Waals surface area contributed by atoms with Crippen LogP contribution in [0.4, 0.5) is 4.39 Å². The smallest absolute Gasteiger partial charge is 0.251 e. The van der Waals surface area contributed by atoms with Crippen molar-refractivity contribution in [2.45, 2.75) is 18.4 Å². The number of hydrogen-bond acceptors (Lipinski definition) is 4. The minimum Gasteiger partial charge on any atom is -0.388 e. The van der Waals surface area contributed by atoms with E-state index < -0.39 is 11.5 Å². The second kappa shape index (κ2) is 5.67. The van der Waals surface area contributed by atoms with Crippen LogP contribution in [0.2, 0.25) is 0 Å². The molecule has 1 fully saturated rings. The average molecular weight is 270 g/mol. The number of hydrogen-bond donors (Lipinski definition) is 2. The highest BCUT2D eigenvalue weighted by Crippen LogP contribution is 2.26. The van der Waals surface area contributed by atoms with Crippen LogP contribution < -0.4 is 5.32 Å². The van der Waals surface area contributed by atoms with Crippen LogP contribution in [0.3, 0.4) is 0 Å². The molecule has 1 aromatic rings. The van der Waals surface area contributed by atoms with E-state index in [-0.39, 0.29) is 18.0 Å². The summed E-state index contributed by atoms with van der Waals surface area (Å²) in [5, 5.41) is 12.9. The molecule has 18 heavy (non-hydrogen) atoms. The number of aliphatic hydroxyl groups is 1. The largest absolute Gasteiger partial charge is 0.388 e. The van der Waals surface area contributed by atoms with Crippen molar-refractivity contribution >= 4 is 17.7 Å². The predicted molar refractivity (Wildman–Crippen MR) is 68.0 cm³/mol. The molecule has 1 aliphatic rings. The van der Waals surface area contributed by atoms with E-state index in [0.29, 0.717) is 12.8 Å². The number of nitrogens with one attached hydrogen (secondary N) is 1. The first-order chi connectivity index (χ1) is 8.59. The van der Waals surface area contributed by atoms with Gasteiger partial charge in [-0.25, -0.2) is 4.98 Å².